The fraction of sp³-hybridized carbons (Fsp3) is 0.0667. The molecule has 1 aliphatic rings. The Kier molecular flexibility index (Phi) is 8.05. The van der Waals surface area contributed by atoms with Gasteiger partial charge >= 0.3 is 0 Å². The van der Waals surface area contributed by atoms with Crippen molar-refractivity contribution in [3.8, 4) is 17.2 Å². The average molecular weight is 571 g/mol. The number of pyridine rings is 1. The number of hydrogen-bond donors (Lipinski definition) is 4. The van der Waals surface area contributed by atoms with Gasteiger partial charge in [0.15, 0.2) is 17.3 Å². The van der Waals surface area contributed by atoms with E-state index in [1.54, 1.807) is 25.4 Å². The average Bonchev–Trinajstić information content (AvgIpc) is 3.52. The molecule has 0 aliphatic carbocycles. The first-order valence-corrected chi connectivity index (χ1v) is 12.7. The van der Waals surface area contributed by atoms with Gasteiger partial charge in [0.25, 0.3) is 11.5 Å². The van der Waals surface area contributed by atoms with Crippen molar-refractivity contribution in [1.29, 1.82) is 5.41 Å². The van der Waals surface area contributed by atoms with Crippen LogP contribution >= 0.6 is 0 Å². The second kappa shape index (κ2) is 12.2. The Bertz CT molecular complexity index is 1790. The van der Waals surface area contributed by atoms with Gasteiger partial charge in [-0.15, -0.1) is 0 Å². The lowest BCUT2D eigenvalue weighted by atomic mass is 10.1. The highest BCUT2D eigenvalue weighted by Crippen LogP contribution is 2.29. The fourth-order valence-corrected chi connectivity index (χ4v) is 4.13. The second-order valence-corrected chi connectivity index (χ2v) is 8.80. The van der Waals surface area contributed by atoms with Crippen LogP contribution in [-0.2, 0) is 0 Å². The number of nitrogens with one attached hydrogen (secondary N) is 4. The van der Waals surface area contributed by atoms with Gasteiger partial charge in [0.1, 0.15) is 17.1 Å². The number of H-pyrrole nitrogens is 1. The Morgan fingerprint density at radius 3 is 2.64 bits per heavy atom. The minimum atomic E-state index is -0.822. The third kappa shape index (κ3) is 5.87. The molecule has 0 unspecified atom stereocenters. The highest BCUT2D eigenvalue weighted by atomic mass is 19.1. The third-order valence-corrected chi connectivity index (χ3v) is 6.07. The van der Waals surface area contributed by atoms with Crippen LogP contribution in [0.1, 0.15) is 23.0 Å². The number of allylic oxidation sites excluding steroid dienone is 3. The molecule has 0 fully saturated rings. The zero-order chi connectivity index (χ0) is 29.6. The molecule has 2 aromatic heterocycles. The number of benzene rings is 2. The predicted octanol–water partition coefficient (Wildman–Crippen LogP) is 4.93. The van der Waals surface area contributed by atoms with E-state index in [1.165, 1.54) is 65.6 Å². The smallest absolute Gasteiger partial charge is 0.271 e. The molecule has 0 bridgehead atoms. The molecule has 0 saturated heterocycles. The monoisotopic (exact) mass is 570 g/mol. The number of halogens is 2. The Labute approximate surface area is 238 Å². The van der Waals surface area contributed by atoms with Crippen molar-refractivity contribution in [2.75, 3.05) is 11.9 Å². The van der Waals surface area contributed by atoms with Gasteiger partial charge in [0.2, 0.25) is 0 Å². The number of imidazole rings is 1. The number of hydrogen-bond acceptors (Lipinski definition) is 7. The van der Waals surface area contributed by atoms with Crippen molar-refractivity contribution in [3.05, 3.63) is 130 Å². The molecule has 212 valence electrons. The highest BCUT2D eigenvalue weighted by Gasteiger charge is 2.22. The fourth-order valence-electron chi connectivity index (χ4n) is 4.13. The summed E-state index contributed by atoms with van der Waals surface area (Å²) < 4.78 is 41.1. The van der Waals surface area contributed by atoms with Crippen LogP contribution < -0.4 is 25.7 Å². The van der Waals surface area contributed by atoms with E-state index in [1.807, 2.05) is 0 Å². The van der Waals surface area contributed by atoms with Gasteiger partial charge in [-0.1, -0.05) is 0 Å². The number of carbonyl (C=O) groups excluding carboxylic acids is 1. The third-order valence-electron chi connectivity index (χ3n) is 6.07. The number of carbonyl (C=O) groups is 1. The van der Waals surface area contributed by atoms with E-state index in [4.69, 9.17) is 14.9 Å². The van der Waals surface area contributed by atoms with Gasteiger partial charge in [-0.3, -0.25) is 14.2 Å². The number of rotatable bonds is 9. The van der Waals surface area contributed by atoms with Gasteiger partial charge < -0.3 is 30.5 Å². The van der Waals surface area contributed by atoms with E-state index < -0.39 is 23.1 Å². The number of amides is 1. The molecular weight excluding hydrogens is 546 g/mol. The van der Waals surface area contributed by atoms with Crippen molar-refractivity contribution in [2.24, 2.45) is 0 Å². The van der Waals surface area contributed by atoms with Crippen molar-refractivity contribution < 1.29 is 23.0 Å². The van der Waals surface area contributed by atoms with E-state index in [0.717, 1.165) is 12.3 Å². The summed E-state index contributed by atoms with van der Waals surface area (Å²) in [6.07, 6.45) is 10.5. The largest absolute Gasteiger partial charge is 0.493 e. The van der Waals surface area contributed by atoms with Crippen molar-refractivity contribution in [3.63, 3.8) is 0 Å². The van der Waals surface area contributed by atoms with Gasteiger partial charge in [0.05, 0.1) is 24.3 Å². The van der Waals surface area contributed by atoms with Crippen LogP contribution in [0.15, 0.2) is 102 Å². The normalized spacial score (nSPS) is 13.5. The van der Waals surface area contributed by atoms with Crippen LogP contribution in [0, 0.1) is 17.0 Å². The summed E-state index contributed by atoms with van der Waals surface area (Å²) in [5.41, 5.74) is 1.12. The Hall–Kier alpha value is -5.78. The summed E-state index contributed by atoms with van der Waals surface area (Å²) in [6.45, 7) is 1.89. The summed E-state index contributed by atoms with van der Waals surface area (Å²) >= 11 is 0. The molecule has 5 rings (SSSR count). The first-order valence-electron chi connectivity index (χ1n) is 12.7. The van der Waals surface area contributed by atoms with Crippen molar-refractivity contribution in [2.45, 2.75) is 6.92 Å². The maximum absolute atomic E-state index is 15.2. The van der Waals surface area contributed by atoms with E-state index >= 15 is 4.39 Å². The Morgan fingerprint density at radius 2 is 1.95 bits per heavy atom. The van der Waals surface area contributed by atoms with Gasteiger partial charge in [0, 0.05) is 47.8 Å². The van der Waals surface area contributed by atoms with Crippen LogP contribution in [0.3, 0.4) is 0 Å². The van der Waals surface area contributed by atoms with Gasteiger partial charge in [-0.2, -0.15) is 0 Å². The molecule has 1 aliphatic heterocycles. The van der Waals surface area contributed by atoms with Gasteiger partial charge in [-0.05, 0) is 61.5 Å². The topological polar surface area (TPSA) is 134 Å². The summed E-state index contributed by atoms with van der Waals surface area (Å²) in [4.78, 5) is 33.6. The van der Waals surface area contributed by atoms with Gasteiger partial charge in [-0.25, -0.2) is 13.8 Å². The molecule has 3 heterocycles. The van der Waals surface area contributed by atoms with Crippen molar-refractivity contribution >= 4 is 23.4 Å². The van der Waals surface area contributed by atoms with E-state index in [2.05, 4.69) is 20.6 Å². The molecular formula is C30H24F2N6O4. The number of anilines is 1. The lowest BCUT2D eigenvalue weighted by molar-refractivity contribution is 0.102. The summed E-state index contributed by atoms with van der Waals surface area (Å²) in [6, 6.07) is 10.4. The summed E-state index contributed by atoms with van der Waals surface area (Å²) in [5.74, 6) is -1.95. The molecule has 4 N–H and O–H groups in total. The lowest BCUT2D eigenvalue weighted by Crippen LogP contribution is -2.29. The minimum absolute atomic E-state index is 0.0433. The molecule has 0 radical (unpaired) electrons. The maximum Gasteiger partial charge on any atom is 0.271 e. The molecule has 2 aromatic carbocycles. The van der Waals surface area contributed by atoms with Crippen LogP contribution in [0.2, 0.25) is 0 Å². The zero-order valence-corrected chi connectivity index (χ0v) is 22.2. The number of aromatic amines is 1. The standard InChI is InChI=1S/C30H24F2N6O4/c1-2-41-26-10-12-38(21-6-3-19(31)4-7-21)30(40)28(26)29(39)37-20-5-8-25(22(32)14-20)42-27-13-18(24-16-34-17-36-24)15-35-23(27)9-11-33/h3-17,33,35H,2H2,1H3,(H,34,36)(H,37,39)/b23-9-,33-11?. The summed E-state index contributed by atoms with van der Waals surface area (Å²) in [7, 11) is 0. The van der Waals surface area contributed by atoms with E-state index in [0.29, 0.717) is 22.7 Å². The summed E-state index contributed by atoms with van der Waals surface area (Å²) in [5, 5.41) is 12.9. The van der Waals surface area contributed by atoms with E-state index in [9.17, 15) is 14.0 Å². The Balaban J connectivity index is 1.41. The number of dihydropyridines is 1. The van der Waals surface area contributed by atoms with E-state index in [-0.39, 0.29) is 35.1 Å². The molecule has 12 heteroatoms. The van der Waals surface area contributed by atoms with Crippen LogP contribution in [-0.4, -0.2) is 33.3 Å². The first kappa shape index (κ1) is 27.8. The molecule has 0 saturated carbocycles. The van der Waals surface area contributed by atoms with Crippen molar-refractivity contribution in [1.82, 2.24) is 19.9 Å². The lowest BCUT2D eigenvalue weighted by Gasteiger charge is -2.19. The molecule has 10 nitrogen and oxygen atoms in total. The number of nitrogens with zero attached hydrogens (tertiary/aromatic N) is 2. The highest BCUT2D eigenvalue weighted by molar-refractivity contribution is 6.06. The zero-order valence-electron chi connectivity index (χ0n) is 22.2. The minimum Gasteiger partial charge on any atom is -0.493 e. The SMILES string of the molecule is CCOc1ccn(-c2ccc(F)cc2)c(=O)c1C(=O)Nc1ccc(OC2=CC(c3c[nH]cn3)=CN/C2=C\C=N)c(F)c1. The van der Waals surface area contributed by atoms with Crippen LogP contribution in [0.25, 0.3) is 11.3 Å². The predicted molar refractivity (Wildman–Crippen MR) is 153 cm³/mol. The number of aromatic nitrogens is 3. The van der Waals surface area contributed by atoms with Crippen LogP contribution in [0.4, 0.5) is 14.5 Å². The molecule has 4 aromatic rings. The Morgan fingerprint density at radius 1 is 1.14 bits per heavy atom. The molecule has 0 spiro atoms. The molecule has 42 heavy (non-hydrogen) atoms. The quantitative estimate of drug-likeness (QED) is 0.211. The molecule has 1 amide bonds. The number of ether oxygens (including phenoxy) is 2. The maximum atomic E-state index is 15.2. The first-order chi connectivity index (χ1) is 20.4. The second-order valence-electron chi connectivity index (χ2n) is 8.80. The molecule has 0 atom stereocenters. The van der Waals surface area contributed by atoms with Crippen LogP contribution in [0.5, 0.6) is 11.5 Å².